The first kappa shape index (κ1) is 14.7. The number of H-pyrrole nitrogens is 1. The second kappa shape index (κ2) is 5.45. The molecule has 9 heteroatoms. The third-order valence-corrected chi connectivity index (χ3v) is 4.22. The number of aromatic hydroxyl groups is 2. The standard InChI is InChI=1S/C17H15N7O2/c25-15-6-10(17(26)22-15)5-11-8-19-24-14(20-12-1-2-12)7-13(21-16(11)24)23-4-3-18-9-23/h3-9,12,22,25-26H,1-2H2. The number of nitrogens with one attached hydrogen (secondary N) is 1. The van der Waals surface area contributed by atoms with E-state index in [1.165, 1.54) is 6.07 Å². The zero-order valence-electron chi connectivity index (χ0n) is 13.6. The summed E-state index contributed by atoms with van der Waals surface area (Å²) in [5, 5.41) is 24.5. The SMILES string of the molecule is Oc1cc(C=c2cnn3c(=NC4CC4)cc(-n4ccnc4)nc23)c(O)[nH]1. The molecule has 0 saturated heterocycles. The fourth-order valence-corrected chi connectivity index (χ4v) is 2.79. The van der Waals surface area contributed by atoms with Gasteiger partial charge in [0.25, 0.3) is 0 Å². The topological polar surface area (TPSA) is 117 Å². The largest absolute Gasteiger partial charge is 0.494 e. The molecule has 0 aromatic carbocycles. The number of fused-ring (bicyclic) bond motifs is 1. The van der Waals surface area contributed by atoms with Crippen molar-refractivity contribution in [1.29, 1.82) is 0 Å². The lowest BCUT2D eigenvalue weighted by Crippen LogP contribution is -2.20. The minimum Gasteiger partial charge on any atom is -0.494 e. The summed E-state index contributed by atoms with van der Waals surface area (Å²) in [6.07, 6.45) is 10.7. The van der Waals surface area contributed by atoms with E-state index in [2.05, 4.69) is 20.1 Å². The Labute approximate surface area is 146 Å². The molecule has 26 heavy (non-hydrogen) atoms. The first-order chi connectivity index (χ1) is 12.7. The molecule has 9 nitrogen and oxygen atoms in total. The fraction of sp³-hybridized carbons (Fsp3) is 0.176. The molecule has 0 spiro atoms. The molecule has 1 saturated carbocycles. The van der Waals surface area contributed by atoms with Gasteiger partial charge in [-0.3, -0.25) is 14.5 Å². The summed E-state index contributed by atoms with van der Waals surface area (Å²) in [6, 6.07) is 3.65. The molecular formula is C17H15N7O2. The van der Waals surface area contributed by atoms with Crippen LogP contribution in [0.2, 0.25) is 0 Å². The highest BCUT2D eigenvalue weighted by Gasteiger charge is 2.20. The molecular weight excluding hydrogens is 334 g/mol. The van der Waals surface area contributed by atoms with Crippen LogP contribution in [0.3, 0.4) is 0 Å². The molecule has 130 valence electrons. The smallest absolute Gasteiger partial charge is 0.198 e. The van der Waals surface area contributed by atoms with E-state index in [4.69, 9.17) is 4.99 Å². The Morgan fingerprint density at radius 3 is 2.85 bits per heavy atom. The zero-order chi connectivity index (χ0) is 17.7. The van der Waals surface area contributed by atoms with Gasteiger partial charge < -0.3 is 10.2 Å². The third kappa shape index (κ3) is 2.50. The van der Waals surface area contributed by atoms with E-state index in [0.29, 0.717) is 28.3 Å². The van der Waals surface area contributed by atoms with Gasteiger partial charge in [-0.25, -0.2) is 9.97 Å². The van der Waals surface area contributed by atoms with E-state index < -0.39 is 0 Å². The number of aromatic amines is 1. The molecule has 0 atom stereocenters. The predicted octanol–water partition coefficient (Wildman–Crippen LogP) is 0.265. The summed E-state index contributed by atoms with van der Waals surface area (Å²) in [4.78, 5) is 15.9. The zero-order valence-corrected chi connectivity index (χ0v) is 13.6. The van der Waals surface area contributed by atoms with Crippen LogP contribution >= 0.6 is 0 Å². The van der Waals surface area contributed by atoms with Crippen LogP contribution in [0.1, 0.15) is 18.4 Å². The molecule has 0 unspecified atom stereocenters. The third-order valence-electron chi connectivity index (χ3n) is 4.22. The van der Waals surface area contributed by atoms with Crippen molar-refractivity contribution in [2.45, 2.75) is 18.9 Å². The maximum atomic E-state index is 9.86. The van der Waals surface area contributed by atoms with Crippen LogP contribution in [0.15, 0.2) is 42.0 Å². The summed E-state index contributed by atoms with van der Waals surface area (Å²) < 4.78 is 3.50. The van der Waals surface area contributed by atoms with E-state index in [1.54, 1.807) is 29.3 Å². The molecule has 1 fully saturated rings. The predicted molar refractivity (Wildman–Crippen MR) is 91.6 cm³/mol. The first-order valence-electron chi connectivity index (χ1n) is 8.21. The molecule has 0 radical (unpaired) electrons. The monoisotopic (exact) mass is 349 g/mol. The number of imidazole rings is 1. The van der Waals surface area contributed by atoms with Crippen molar-refractivity contribution >= 4 is 11.7 Å². The minimum atomic E-state index is -0.115. The van der Waals surface area contributed by atoms with Gasteiger partial charge >= 0.3 is 0 Å². The number of nitrogens with zero attached hydrogens (tertiary/aromatic N) is 6. The second-order valence-corrected chi connectivity index (χ2v) is 6.24. The van der Waals surface area contributed by atoms with Crippen molar-refractivity contribution in [2.24, 2.45) is 4.99 Å². The van der Waals surface area contributed by atoms with E-state index in [1.807, 2.05) is 16.8 Å². The Bertz CT molecular complexity index is 1220. The van der Waals surface area contributed by atoms with E-state index >= 15 is 0 Å². The van der Waals surface area contributed by atoms with Gasteiger partial charge in [0.05, 0.1) is 12.2 Å². The van der Waals surface area contributed by atoms with Crippen molar-refractivity contribution in [3.8, 4) is 17.6 Å². The van der Waals surface area contributed by atoms with Gasteiger partial charge in [-0.2, -0.15) is 9.61 Å². The number of rotatable bonds is 3. The molecule has 4 aromatic heterocycles. The molecule has 0 aliphatic heterocycles. The van der Waals surface area contributed by atoms with Gasteiger partial charge in [-0.1, -0.05) is 0 Å². The Hall–Kier alpha value is -3.62. The number of hydrogen-bond acceptors (Lipinski definition) is 6. The van der Waals surface area contributed by atoms with Gasteiger partial charge in [0, 0.05) is 35.3 Å². The lowest BCUT2D eigenvalue weighted by Gasteiger charge is -2.02. The lowest BCUT2D eigenvalue weighted by molar-refractivity contribution is 0.425. The average Bonchev–Trinajstić information content (AvgIpc) is 3.01. The maximum absolute atomic E-state index is 9.86. The van der Waals surface area contributed by atoms with Gasteiger partial charge in [0.15, 0.2) is 22.9 Å². The van der Waals surface area contributed by atoms with Gasteiger partial charge in [-0.15, -0.1) is 0 Å². The van der Waals surface area contributed by atoms with Crippen molar-refractivity contribution < 1.29 is 10.2 Å². The van der Waals surface area contributed by atoms with Crippen LogP contribution in [0.25, 0.3) is 17.5 Å². The number of aromatic nitrogens is 6. The molecule has 0 bridgehead atoms. The quantitative estimate of drug-likeness (QED) is 0.491. The van der Waals surface area contributed by atoms with E-state index in [0.717, 1.165) is 18.3 Å². The maximum Gasteiger partial charge on any atom is 0.198 e. The Balaban J connectivity index is 1.78. The van der Waals surface area contributed by atoms with Crippen molar-refractivity contribution in [1.82, 2.24) is 29.1 Å². The van der Waals surface area contributed by atoms with Gasteiger partial charge in [0.2, 0.25) is 0 Å². The highest BCUT2D eigenvalue weighted by Crippen LogP contribution is 2.23. The minimum absolute atomic E-state index is 0.110. The van der Waals surface area contributed by atoms with Crippen LogP contribution in [0.4, 0.5) is 0 Å². The molecule has 3 N–H and O–H groups in total. The lowest BCUT2D eigenvalue weighted by atomic mass is 10.2. The van der Waals surface area contributed by atoms with Crippen LogP contribution in [0, 0.1) is 0 Å². The molecule has 0 amide bonds. The highest BCUT2D eigenvalue weighted by molar-refractivity contribution is 5.61. The summed E-state index contributed by atoms with van der Waals surface area (Å²) >= 11 is 0. The first-order valence-corrected chi connectivity index (χ1v) is 8.21. The fourth-order valence-electron chi connectivity index (χ4n) is 2.79. The molecule has 5 rings (SSSR count). The van der Waals surface area contributed by atoms with E-state index in [9.17, 15) is 10.2 Å². The number of hydrogen-bond donors (Lipinski definition) is 3. The molecule has 1 aliphatic rings. The van der Waals surface area contributed by atoms with Crippen LogP contribution < -0.4 is 10.7 Å². The molecule has 4 aromatic rings. The van der Waals surface area contributed by atoms with Crippen molar-refractivity contribution in [2.75, 3.05) is 0 Å². The van der Waals surface area contributed by atoms with Crippen LogP contribution in [0.5, 0.6) is 11.8 Å². The Morgan fingerprint density at radius 2 is 2.15 bits per heavy atom. The highest BCUT2D eigenvalue weighted by atomic mass is 16.3. The summed E-state index contributed by atoms with van der Waals surface area (Å²) in [5.74, 6) is 0.461. The second-order valence-electron chi connectivity index (χ2n) is 6.24. The average molecular weight is 349 g/mol. The summed E-state index contributed by atoms with van der Waals surface area (Å²) in [6.45, 7) is 0. The van der Waals surface area contributed by atoms with E-state index in [-0.39, 0.29) is 11.8 Å². The molecule has 1 aliphatic carbocycles. The summed E-state index contributed by atoms with van der Waals surface area (Å²) in [5.41, 5.74) is 1.78. The Morgan fingerprint density at radius 1 is 1.27 bits per heavy atom. The Kier molecular flexibility index (Phi) is 3.08. The van der Waals surface area contributed by atoms with Crippen LogP contribution in [-0.4, -0.2) is 45.4 Å². The van der Waals surface area contributed by atoms with Gasteiger partial charge in [0.1, 0.15) is 12.1 Å². The van der Waals surface area contributed by atoms with Crippen molar-refractivity contribution in [3.05, 3.63) is 53.3 Å². The van der Waals surface area contributed by atoms with Crippen molar-refractivity contribution in [3.63, 3.8) is 0 Å². The van der Waals surface area contributed by atoms with Crippen LogP contribution in [-0.2, 0) is 0 Å². The summed E-state index contributed by atoms with van der Waals surface area (Å²) in [7, 11) is 0. The normalized spacial score (nSPS) is 16.0. The molecule has 4 heterocycles. The van der Waals surface area contributed by atoms with Gasteiger partial charge in [-0.05, 0) is 18.9 Å².